The molecule has 21 heavy (non-hydrogen) atoms. The van der Waals surface area contributed by atoms with E-state index in [2.05, 4.69) is 4.98 Å². The van der Waals surface area contributed by atoms with Crippen LogP contribution in [0, 0.1) is 0 Å². The number of nitrogens with one attached hydrogen (secondary N) is 1. The van der Waals surface area contributed by atoms with E-state index in [-0.39, 0.29) is 12.5 Å². The zero-order valence-corrected chi connectivity index (χ0v) is 12.5. The van der Waals surface area contributed by atoms with Gasteiger partial charge in [-0.2, -0.15) is 0 Å². The maximum atomic E-state index is 11.9. The number of carbonyl (C=O) groups is 1. The van der Waals surface area contributed by atoms with Crippen molar-refractivity contribution in [2.45, 2.75) is 13.3 Å². The molecule has 0 aliphatic heterocycles. The summed E-state index contributed by atoms with van der Waals surface area (Å²) >= 11 is 0. The molecule has 0 saturated carbocycles. The Labute approximate surface area is 122 Å². The average molecular weight is 292 g/mol. The highest BCUT2D eigenvalue weighted by Gasteiger charge is 2.16. The second-order valence-electron chi connectivity index (χ2n) is 5.13. The van der Waals surface area contributed by atoms with Crippen LogP contribution in [-0.2, 0) is 4.79 Å². The zero-order valence-electron chi connectivity index (χ0n) is 12.5. The van der Waals surface area contributed by atoms with Crippen molar-refractivity contribution in [3.63, 3.8) is 0 Å². The lowest BCUT2D eigenvalue weighted by Gasteiger charge is -2.26. The number of carbonyl (C=O) groups excluding carboxylic acids is 1. The Hall–Kier alpha value is -2.44. The van der Waals surface area contributed by atoms with Crippen molar-refractivity contribution < 1.29 is 9.21 Å². The number of aromatic nitrogens is 1. The molecule has 7 nitrogen and oxygen atoms in total. The van der Waals surface area contributed by atoms with Crippen molar-refractivity contribution in [1.82, 2.24) is 9.88 Å². The third kappa shape index (κ3) is 3.18. The van der Waals surface area contributed by atoms with E-state index in [9.17, 15) is 9.59 Å². The highest BCUT2D eigenvalue weighted by molar-refractivity contribution is 5.88. The summed E-state index contributed by atoms with van der Waals surface area (Å²) in [6, 6.07) is 3.35. The minimum atomic E-state index is -0.520. The van der Waals surface area contributed by atoms with Gasteiger partial charge in [-0.3, -0.25) is 9.78 Å². The number of oxazole rings is 1. The molecule has 1 heterocycles. The van der Waals surface area contributed by atoms with Crippen LogP contribution >= 0.6 is 0 Å². The van der Waals surface area contributed by atoms with Crippen molar-refractivity contribution in [3.8, 4) is 0 Å². The lowest BCUT2D eigenvalue weighted by molar-refractivity contribution is -0.127. The molecule has 0 atom stereocenters. The van der Waals surface area contributed by atoms with E-state index in [1.807, 2.05) is 11.8 Å². The van der Waals surface area contributed by atoms with Gasteiger partial charge in [0.1, 0.15) is 0 Å². The maximum Gasteiger partial charge on any atom is 0.417 e. The molecule has 1 aromatic heterocycles. The minimum absolute atomic E-state index is 0.0105. The normalized spacial score (nSPS) is 10.8. The van der Waals surface area contributed by atoms with E-state index in [0.717, 1.165) is 12.1 Å². The molecule has 0 unspecified atom stereocenters. The van der Waals surface area contributed by atoms with Crippen LogP contribution in [0.2, 0.25) is 0 Å². The van der Waals surface area contributed by atoms with Gasteiger partial charge in [-0.1, -0.05) is 6.92 Å². The highest BCUT2D eigenvalue weighted by atomic mass is 16.4. The summed E-state index contributed by atoms with van der Waals surface area (Å²) in [5.41, 5.74) is 8.22. The molecule has 0 spiro atoms. The van der Waals surface area contributed by atoms with E-state index in [1.165, 1.54) is 4.90 Å². The van der Waals surface area contributed by atoms with Crippen LogP contribution in [0.15, 0.2) is 21.3 Å². The van der Waals surface area contributed by atoms with Crippen molar-refractivity contribution in [2.75, 3.05) is 37.8 Å². The first kappa shape index (κ1) is 15.0. The molecule has 0 aliphatic carbocycles. The SMILES string of the molecule is CCCN(CC(=O)N(C)C)c1cc2[nH]c(=O)oc2cc1N. The summed E-state index contributed by atoms with van der Waals surface area (Å²) < 4.78 is 4.98. The quantitative estimate of drug-likeness (QED) is 0.802. The molecule has 2 rings (SSSR count). The van der Waals surface area contributed by atoms with Crippen LogP contribution in [0.1, 0.15) is 13.3 Å². The highest BCUT2D eigenvalue weighted by Crippen LogP contribution is 2.28. The second-order valence-corrected chi connectivity index (χ2v) is 5.13. The van der Waals surface area contributed by atoms with Crippen molar-refractivity contribution in [1.29, 1.82) is 0 Å². The number of rotatable bonds is 5. The number of fused-ring (bicyclic) bond motifs is 1. The molecular weight excluding hydrogens is 272 g/mol. The van der Waals surface area contributed by atoms with E-state index in [0.29, 0.717) is 23.3 Å². The number of hydrogen-bond acceptors (Lipinski definition) is 5. The third-order valence-electron chi connectivity index (χ3n) is 3.23. The Kier molecular flexibility index (Phi) is 4.21. The van der Waals surface area contributed by atoms with Gasteiger partial charge in [-0.15, -0.1) is 0 Å². The molecule has 3 N–H and O–H groups in total. The van der Waals surface area contributed by atoms with Gasteiger partial charge in [-0.25, -0.2) is 4.79 Å². The number of nitrogen functional groups attached to an aromatic ring is 1. The van der Waals surface area contributed by atoms with E-state index >= 15 is 0 Å². The van der Waals surface area contributed by atoms with Crippen LogP contribution in [0.4, 0.5) is 11.4 Å². The Morgan fingerprint density at radius 2 is 2.10 bits per heavy atom. The van der Waals surface area contributed by atoms with Gasteiger partial charge in [0.15, 0.2) is 5.58 Å². The molecule has 2 aromatic rings. The molecule has 1 amide bonds. The summed E-state index contributed by atoms with van der Waals surface area (Å²) in [5.74, 6) is -0.531. The van der Waals surface area contributed by atoms with Gasteiger partial charge in [0, 0.05) is 26.7 Å². The van der Waals surface area contributed by atoms with Crippen molar-refractivity contribution in [2.24, 2.45) is 0 Å². The van der Waals surface area contributed by atoms with Crippen LogP contribution in [0.25, 0.3) is 11.1 Å². The van der Waals surface area contributed by atoms with Crippen molar-refractivity contribution in [3.05, 3.63) is 22.7 Å². The first-order chi connectivity index (χ1) is 9.92. The van der Waals surface area contributed by atoms with Crippen LogP contribution in [0.3, 0.4) is 0 Å². The molecule has 0 radical (unpaired) electrons. The summed E-state index contributed by atoms with van der Waals surface area (Å²) in [7, 11) is 3.43. The van der Waals surface area contributed by atoms with Gasteiger partial charge in [0.2, 0.25) is 5.91 Å². The molecule has 114 valence electrons. The largest absolute Gasteiger partial charge is 0.417 e. The number of benzene rings is 1. The van der Waals surface area contributed by atoms with Gasteiger partial charge in [-0.05, 0) is 12.5 Å². The molecular formula is C14H20N4O3. The molecule has 0 aliphatic rings. The summed E-state index contributed by atoms with van der Waals surface area (Å²) in [6.45, 7) is 2.96. The van der Waals surface area contributed by atoms with Crippen molar-refractivity contribution >= 4 is 28.4 Å². The Bertz CT molecular complexity index is 702. The van der Waals surface area contributed by atoms with Gasteiger partial charge in [0.05, 0.1) is 23.4 Å². The number of aromatic amines is 1. The summed E-state index contributed by atoms with van der Waals surface area (Å²) in [4.78, 5) is 29.2. The monoisotopic (exact) mass is 292 g/mol. The average Bonchev–Trinajstić information content (AvgIpc) is 2.76. The summed E-state index contributed by atoms with van der Waals surface area (Å²) in [6.07, 6.45) is 0.875. The van der Waals surface area contributed by atoms with Crippen LogP contribution < -0.4 is 16.4 Å². The predicted octanol–water partition coefficient (Wildman–Crippen LogP) is 1.01. The number of anilines is 2. The number of hydrogen-bond donors (Lipinski definition) is 2. The third-order valence-corrected chi connectivity index (χ3v) is 3.23. The fourth-order valence-electron chi connectivity index (χ4n) is 2.13. The number of amides is 1. The number of nitrogens with two attached hydrogens (primary N) is 1. The lowest BCUT2D eigenvalue weighted by atomic mass is 10.2. The Balaban J connectivity index is 2.41. The Morgan fingerprint density at radius 1 is 1.38 bits per heavy atom. The smallest absolute Gasteiger partial charge is 0.408 e. The predicted molar refractivity (Wildman–Crippen MR) is 82.4 cm³/mol. The Morgan fingerprint density at radius 3 is 2.71 bits per heavy atom. The second kappa shape index (κ2) is 5.90. The van der Waals surface area contributed by atoms with Crippen LogP contribution in [-0.4, -0.2) is 43.0 Å². The summed E-state index contributed by atoms with van der Waals surface area (Å²) in [5, 5.41) is 0. The number of likely N-dealkylation sites (N-methyl/N-ethyl adjacent to an activating group) is 1. The van der Waals surface area contributed by atoms with E-state index in [4.69, 9.17) is 10.2 Å². The fraction of sp³-hybridized carbons (Fsp3) is 0.429. The molecule has 0 fully saturated rings. The van der Waals surface area contributed by atoms with E-state index < -0.39 is 5.76 Å². The molecule has 0 bridgehead atoms. The van der Waals surface area contributed by atoms with Crippen LogP contribution in [0.5, 0.6) is 0 Å². The van der Waals surface area contributed by atoms with Gasteiger partial charge in [0.25, 0.3) is 0 Å². The topological polar surface area (TPSA) is 95.6 Å². The van der Waals surface area contributed by atoms with Gasteiger partial charge < -0.3 is 20.0 Å². The lowest BCUT2D eigenvalue weighted by Crippen LogP contribution is -2.37. The van der Waals surface area contributed by atoms with E-state index in [1.54, 1.807) is 26.2 Å². The molecule has 7 heteroatoms. The van der Waals surface area contributed by atoms with Gasteiger partial charge >= 0.3 is 5.76 Å². The molecule has 1 aromatic carbocycles. The fourth-order valence-corrected chi connectivity index (χ4v) is 2.13. The number of nitrogens with zero attached hydrogens (tertiary/aromatic N) is 2. The maximum absolute atomic E-state index is 11.9. The minimum Gasteiger partial charge on any atom is -0.408 e. The first-order valence-electron chi connectivity index (χ1n) is 6.79. The first-order valence-corrected chi connectivity index (χ1v) is 6.79. The number of H-pyrrole nitrogens is 1. The standard InChI is InChI=1S/C14H20N4O3/c1-4-5-18(8-13(19)17(2)3)11-7-10-12(6-9(11)15)21-14(20)16-10/h6-7H,4-5,8,15H2,1-3H3,(H,16,20). The molecule has 0 saturated heterocycles. The zero-order chi connectivity index (χ0) is 15.6.